The predicted octanol–water partition coefficient (Wildman–Crippen LogP) is 4.00. The summed E-state index contributed by atoms with van der Waals surface area (Å²) in [5.74, 6) is -0.479. The molecule has 1 radical (unpaired) electrons. The minimum Gasteiger partial charge on any atom is -0.487 e. The highest BCUT2D eigenvalue weighted by atomic mass is 35.5. The summed E-state index contributed by atoms with van der Waals surface area (Å²) in [5, 5.41) is -0.213. The number of nitrogens with zero attached hydrogens (tertiary/aromatic N) is 2. The Bertz CT molecular complexity index is 603. The maximum atomic E-state index is 12.8. The molecule has 2 aromatic rings. The van der Waals surface area contributed by atoms with Gasteiger partial charge in [0.25, 0.3) is 0 Å². The summed E-state index contributed by atoms with van der Waals surface area (Å²) in [4.78, 5) is 3.56. The fraction of sp³-hybridized carbons (Fsp3) is 0.385. The van der Waals surface area contributed by atoms with Crippen molar-refractivity contribution in [3.63, 3.8) is 0 Å². The predicted molar refractivity (Wildman–Crippen MR) is 68.7 cm³/mol. The minimum absolute atomic E-state index is 0.00749. The van der Waals surface area contributed by atoms with Gasteiger partial charge >= 0.3 is 11.3 Å². The second kappa shape index (κ2) is 5.01. The van der Waals surface area contributed by atoms with Crippen molar-refractivity contribution in [2.24, 2.45) is 0 Å². The van der Waals surface area contributed by atoms with Gasteiger partial charge in [0.05, 0.1) is 0 Å². The Hall–Kier alpha value is -1.69. The lowest BCUT2D eigenvalue weighted by Gasteiger charge is -2.21. The summed E-state index contributed by atoms with van der Waals surface area (Å²) in [6, 6.07) is 7.68. The van der Waals surface area contributed by atoms with E-state index in [1.165, 1.54) is 0 Å². The Morgan fingerprint density at radius 2 is 2.05 bits per heavy atom. The Morgan fingerprint density at radius 1 is 1.35 bits per heavy atom. The number of hydrogen-bond donors (Lipinski definition) is 0. The Kier molecular flexibility index (Phi) is 3.69. The van der Waals surface area contributed by atoms with E-state index in [9.17, 15) is 8.78 Å². The lowest BCUT2D eigenvalue weighted by atomic mass is 10.1. The van der Waals surface area contributed by atoms with Crippen LogP contribution < -0.4 is 4.74 Å². The van der Waals surface area contributed by atoms with Gasteiger partial charge in [-0.2, -0.15) is 13.8 Å². The van der Waals surface area contributed by atoms with E-state index in [1.807, 2.05) is 20.8 Å². The van der Waals surface area contributed by atoms with Crippen molar-refractivity contribution in [3.8, 4) is 17.1 Å². The molecular formula is C13H12ClF2N2O2. The van der Waals surface area contributed by atoms with Crippen molar-refractivity contribution in [2.75, 3.05) is 0 Å². The van der Waals surface area contributed by atoms with Gasteiger partial charge in [0, 0.05) is 11.6 Å². The second-order valence-electron chi connectivity index (χ2n) is 5.08. The highest BCUT2D eigenvalue weighted by Crippen LogP contribution is 2.32. The van der Waals surface area contributed by atoms with Gasteiger partial charge in [0.1, 0.15) is 11.4 Å². The molecule has 0 saturated heterocycles. The first-order valence-electron chi connectivity index (χ1n) is 5.77. The van der Waals surface area contributed by atoms with E-state index in [2.05, 4.69) is 20.7 Å². The zero-order chi connectivity index (χ0) is 15.0. The molecule has 0 aliphatic carbocycles. The van der Waals surface area contributed by atoms with Gasteiger partial charge in [0.15, 0.2) is 0 Å². The third kappa shape index (κ3) is 3.66. The molecule has 1 heterocycles. The number of alkyl halides is 3. The van der Waals surface area contributed by atoms with E-state index in [-0.39, 0.29) is 5.82 Å². The van der Waals surface area contributed by atoms with Crippen LogP contribution in [0.5, 0.6) is 5.75 Å². The first-order valence-corrected chi connectivity index (χ1v) is 6.15. The summed E-state index contributed by atoms with van der Waals surface area (Å²) < 4.78 is 35.7. The molecule has 0 spiro atoms. The van der Waals surface area contributed by atoms with Gasteiger partial charge in [-0.05, 0) is 44.5 Å². The molecule has 107 valence electrons. The average molecular weight is 302 g/mol. The van der Waals surface area contributed by atoms with Gasteiger partial charge in [-0.1, -0.05) is 11.2 Å². The molecule has 0 saturated carbocycles. The van der Waals surface area contributed by atoms with Crippen LogP contribution in [0.15, 0.2) is 22.7 Å². The largest absolute Gasteiger partial charge is 0.487 e. The lowest BCUT2D eigenvalue weighted by Crippen LogP contribution is -2.22. The van der Waals surface area contributed by atoms with Crippen LogP contribution in [-0.4, -0.2) is 15.7 Å². The maximum Gasteiger partial charge on any atom is 0.400 e. The van der Waals surface area contributed by atoms with E-state index in [1.54, 1.807) is 18.2 Å². The number of ether oxygens (including phenoxy) is 1. The minimum atomic E-state index is -3.68. The van der Waals surface area contributed by atoms with Gasteiger partial charge in [-0.3, -0.25) is 0 Å². The van der Waals surface area contributed by atoms with Gasteiger partial charge in [0.2, 0.25) is 5.82 Å². The first-order chi connectivity index (χ1) is 9.15. The third-order valence-corrected chi connectivity index (χ3v) is 2.28. The van der Waals surface area contributed by atoms with Crippen molar-refractivity contribution in [1.82, 2.24) is 10.1 Å². The summed E-state index contributed by atoms with van der Waals surface area (Å²) >= 11 is 4.82. The number of rotatable bonds is 3. The molecule has 7 heteroatoms. The van der Waals surface area contributed by atoms with Crippen LogP contribution in [0.25, 0.3) is 11.4 Å². The molecule has 0 aliphatic heterocycles. The molecule has 2 rings (SSSR count). The van der Waals surface area contributed by atoms with Crippen molar-refractivity contribution >= 4 is 11.6 Å². The van der Waals surface area contributed by atoms with Crippen molar-refractivity contribution in [2.45, 2.75) is 31.8 Å². The van der Waals surface area contributed by atoms with E-state index < -0.39 is 16.9 Å². The van der Waals surface area contributed by atoms with E-state index in [4.69, 9.17) is 16.3 Å². The fourth-order valence-corrected chi connectivity index (χ4v) is 1.51. The average Bonchev–Trinajstić information content (AvgIpc) is 2.75. The molecule has 0 atom stereocenters. The van der Waals surface area contributed by atoms with Crippen LogP contribution >= 0.6 is 11.6 Å². The summed E-state index contributed by atoms with van der Waals surface area (Å²) in [6.45, 7) is 5.65. The maximum absolute atomic E-state index is 12.8. The third-order valence-electron chi connectivity index (χ3n) is 2.12. The first kappa shape index (κ1) is 14.7. The normalized spacial score (nSPS) is 12.5. The molecule has 0 bridgehead atoms. The highest BCUT2D eigenvalue weighted by molar-refractivity contribution is 6.21. The topological polar surface area (TPSA) is 48.2 Å². The summed E-state index contributed by atoms with van der Waals surface area (Å²) in [5.41, 5.74) is 0.0691. The van der Waals surface area contributed by atoms with E-state index in [0.29, 0.717) is 11.3 Å². The molecule has 4 nitrogen and oxygen atoms in total. The molecule has 0 N–H and O–H groups in total. The molecule has 20 heavy (non-hydrogen) atoms. The van der Waals surface area contributed by atoms with Crippen molar-refractivity contribution in [3.05, 3.63) is 30.2 Å². The van der Waals surface area contributed by atoms with Crippen LogP contribution in [0.3, 0.4) is 0 Å². The zero-order valence-electron chi connectivity index (χ0n) is 11.1. The van der Waals surface area contributed by atoms with E-state index >= 15 is 0 Å². The Balaban J connectivity index is 2.29. The zero-order valence-corrected chi connectivity index (χ0v) is 11.8. The van der Waals surface area contributed by atoms with Gasteiger partial charge in [-0.25, -0.2) is 0 Å². The molecule has 0 fully saturated rings. The number of aromatic nitrogens is 2. The second-order valence-corrected chi connectivity index (χ2v) is 5.55. The van der Waals surface area contributed by atoms with Crippen LogP contribution in [0.2, 0.25) is 0 Å². The van der Waals surface area contributed by atoms with Crippen molar-refractivity contribution in [1.29, 1.82) is 0 Å². The number of benzene rings is 1. The lowest BCUT2D eigenvalue weighted by molar-refractivity contribution is 0.0551. The fourth-order valence-electron chi connectivity index (χ4n) is 1.43. The molecule has 0 amide bonds. The molecular weight excluding hydrogens is 290 g/mol. The number of halogens is 3. The monoisotopic (exact) mass is 301 g/mol. The SMILES string of the molecule is CC(C)(C)Oc1[c]ccc(-c2noc(C(F)(F)Cl)n2)c1. The number of hydrogen-bond acceptors (Lipinski definition) is 4. The standard InChI is InChI=1S/C13H12ClF2N2O2/c1-12(2,3)19-9-6-4-5-8(7-9)10-17-11(20-18-10)13(14,15)16/h4-5,7H,1-3H3. The van der Waals surface area contributed by atoms with Gasteiger partial charge < -0.3 is 9.26 Å². The Morgan fingerprint density at radius 3 is 2.60 bits per heavy atom. The molecule has 1 aromatic heterocycles. The van der Waals surface area contributed by atoms with E-state index in [0.717, 1.165) is 0 Å². The van der Waals surface area contributed by atoms with Crippen LogP contribution in [0.4, 0.5) is 8.78 Å². The quantitative estimate of drug-likeness (QED) is 0.804. The highest BCUT2D eigenvalue weighted by Gasteiger charge is 2.35. The van der Waals surface area contributed by atoms with Crippen LogP contribution in [0.1, 0.15) is 26.7 Å². The molecule has 1 aromatic carbocycles. The summed E-state index contributed by atoms with van der Waals surface area (Å²) in [6.07, 6.45) is 0. The van der Waals surface area contributed by atoms with Gasteiger partial charge in [-0.15, -0.1) is 0 Å². The smallest absolute Gasteiger partial charge is 0.400 e. The van der Waals surface area contributed by atoms with Crippen molar-refractivity contribution < 1.29 is 18.0 Å². The Labute approximate surface area is 119 Å². The summed E-state index contributed by atoms with van der Waals surface area (Å²) in [7, 11) is 0. The molecule has 0 unspecified atom stereocenters. The van der Waals surface area contributed by atoms with Crippen LogP contribution in [-0.2, 0) is 5.38 Å². The van der Waals surface area contributed by atoms with Crippen LogP contribution in [0, 0.1) is 6.07 Å². The molecule has 0 aliphatic rings.